The molecule has 2 aromatic rings. The van der Waals surface area contributed by atoms with Gasteiger partial charge in [-0.1, -0.05) is 11.6 Å². The third-order valence-electron chi connectivity index (χ3n) is 2.56. The van der Waals surface area contributed by atoms with Gasteiger partial charge in [0.1, 0.15) is 17.3 Å². The first-order chi connectivity index (χ1) is 9.63. The minimum Gasteiger partial charge on any atom is -0.497 e. The van der Waals surface area contributed by atoms with E-state index in [0.29, 0.717) is 17.3 Å². The molecule has 0 aliphatic rings. The summed E-state index contributed by atoms with van der Waals surface area (Å²) in [7, 11) is 1.57. The van der Waals surface area contributed by atoms with Crippen molar-refractivity contribution in [2.24, 2.45) is 5.84 Å². The minimum absolute atomic E-state index is 0.0953. The Morgan fingerprint density at radius 3 is 2.55 bits per heavy atom. The molecule has 0 atom stereocenters. The zero-order valence-corrected chi connectivity index (χ0v) is 11.4. The summed E-state index contributed by atoms with van der Waals surface area (Å²) >= 11 is 5.95. The van der Waals surface area contributed by atoms with E-state index >= 15 is 0 Å². The maximum absolute atomic E-state index is 12.1. The molecule has 1 aromatic heterocycles. The van der Waals surface area contributed by atoms with Crippen LogP contribution in [0.25, 0.3) is 0 Å². The lowest BCUT2D eigenvalue weighted by molar-refractivity contribution is 0.102. The van der Waals surface area contributed by atoms with E-state index in [9.17, 15) is 4.79 Å². The number of nitrogens with one attached hydrogen (secondary N) is 2. The number of amides is 1. The number of methoxy groups -OCH3 is 1. The second-order valence-electron chi connectivity index (χ2n) is 3.85. The number of hydrogen-bond acceptors (Lipinski definition) is 5. The van der Waals surface area contributed by atoms with Gasteiger partial charge >= 0.3 is 0 Å². The van der Waals surface area contributed by atoms with Crippen LogP contribution in [-0.4, -0.2) is 18.0 Å². The average molecular weight is 293 g/mol. The van der Waals surface area contributed by atoms with Crippen LogP contribution >= 0.6 is 11.6 Å². The van der Waals surface area contributed by atoms with Gasteiger partial charge in [0.15, 0.2) is 0 Å². The molecule has 0 saturated carbocycles. The van der Waals surface area contributed by atoms with E-state index in [0.717, 1.165) is 0 Å². The standard InChI is InChI=1S/C13H13ClN4O2/c1-20-9-4-2-8(3-5-9)16-13(19)12-10(14)6-7-11(17-12)18-15/h2-7H,15H2,1H3,(H,16,19)(H,17,18). The van der Waals surface area contributed by atoms with Gasteiger partial charge in [-0.25, -0.2) is 10.8 Å². The van der Waals surface area contributed by atoms with Gasteiger partial charge in [0.2, 0.25) is 0 Å². The summed E-state index contributed by atoms with van der Waals surface area (Å²) < 4.78 is 5.04. The highest BCUT2D eigenvalue weighted by molar-refractivity contribution is 6.34. The maximum atomic E-state index is 12.1. The van der Waals surface area contributed by atoms with Crippen LogP contribution in [-0.2, 0) is 0 Å². The van der Waals surface area contributed by atoms with Crippen molar-refractivity contribution < 1.29 is 9.53 Å². The van der Waals surface area contributed by atoms with Crippen molar-refractivity contribution in [3.8, 4) is 5.75 Å². The van der Waals surface area contributed by atoms with E-state index < -0.39 is 5.91 Å². The Balaban J connectivity index is 2.18. The van der Waals surface area contributed by atoms with Crippen LogP contribution in [0.15, 0.2) is 36.4 Å². The van der Waals surface area contributed by atoms with Crippen molar-refractivity contribution in [2.45, 2.75) is 0 Å². The monoisotopic (exact) mass is 292 g/mol. The van der Waals surface area contributed by atoms with Gasteiger partial charge in [0, 0.05) is 5.69 Å². The first-order valence-electron chi connectivity index (χ1n) is 5.72. The number of nitrogen functional groups attached to an aromatic ring is 1. The quantitative estimate of drug-likeness (QED) is 0.594. The molecule has 6 nitrogen and oxygen atoms in total. The summed E-state index contributed by atoms with van der Waals surface area (Å²) in [6.45, 7) is 0. The van der Waals surface area contributed by atoms with Gasteiger partial charge in [-0.15, -0.1) is 0 Å². The Kier molecular flexibility index (Phi) is 4.39. The third-order valence-corrected chi connectivity index (χ3v) is 2.86. The Labute approximate surface area is 120 Å². The number of carbonyl (C=O) groups is 1. The van der Waals surface area contributed by atoms with Crippen LogP contribution < -0.4 is 21.3 Å². The first-order valence-corrected chi connectivity index (χ1v) is 6.10. The molecule has 0 bridgehead atoms. The highest BCUT2D eigenvalue weighted by Crippen LogP contribution is 2.19. The van der Waals surface area contributed by atoms with Gasteiger partial charge in [-0.3, -0.25) is 4.79 Å². The Bertz CT molecular complexity index is 616. The van der Waals surface area contributed by atoms with Crippen LogP contribution in [0.2, 0.25) is 5.02 Å². The number of benzene rings is 1. The fourth-order valence-electron chi connectivity index (χ4n) is 1.55. The topological polar surface area (TPSA) is 89.3 Å². The molecule has 0 saturated heterocycles. The van der Waals surface area contributed by atoms with Gasteiger partial charge < -0.3 is 15.5 Å². The number of ether oxygens (including phenoxy) is 1. The number of nitrogens with two attached hydrogens (primary N) is 1. The van der Waals surface area contributed by atoms with Crippen LogP contribution in [0.1, 0.15) is 10.5 Å². The number of halogens is 1. The largest absolute Gasteiger partial charge is 0.497 e. The summed E-state index contributed by atoms with van der Waals surface area (Å²) in [5, 5.41) is 2.94. The summed E-state index contributed by atoms with van der Waals surface area (Å²) in [6.07, 6.45) is 0. The first kappa shape index (κ1) is 14.1. The van der Waals surface area contributed by atoms with E-state index in [2.05, 4.69) is 15.7 Å². The van der Waals surface area contributed by atoms with E-state index in [-0.39, 0.29) is 10.7 Å². The number of anilines is 2. The molecule has 1 heterocycles. The molecule has 0 aliphatic carbocycles. The molecule has 7 heteroatoms. The van der Waals surface area contributed by atoms with Crippen LogP contribution in [0.3, 0.4) is 0 Å². The number of nitrogens with zero attached hydrogens (tertiary/aromatic N) is 1. The lowest BCUT2D eigenvalue weighted by atomic mass is 10.2. The number of hydrogen-bond donors (Lipinski definition) is 3. The van der Waals surface area contributed by atoms with E-state index in [1.165, 1.54) is 0 Å². The van der Waals surface area contributed by atoms with Crippen molar-refractivity contribution >= 4 is 29.0 Å². The predicted octanol–water partition coefficient (Wildman–Crippen LogP) is 2.28. The van der Waals surface area contributed by atoms with Gasteiger partial charge in [0.05, 0.1) is 12.1 Å². The van der Waals surface area contributed by atoms with E-state index in [1.807, 2.05) is 0 Å². The SMILES string of the molecule is COc1ccc(NC(=O)c2nc(NN)ccc2Cl)cc1. The van der Waals surface area contributed by atoms with Gasteiger partial charge in [0.25, 0.3) is 5.91 Å². The summed E-state index contributed by atoms with van der Waals surface area (Å²) in [6, 6.07) is 10.0. The Hall–Kier alpha value is -2.31. The van der Waals surface area contributed by atoms with Crippen LogP contribution in [0.4, 0.5) is 11.5 Å². The second-order valence-corrected chi connectivity index (χ2v) is 4.26. The highest BCUT2D eigenvalue weighted by Gasteiger charge is 2.13. The van der Waals surface area contributed by atoms with Crippen molar-refractivity contribution in [3.63, 3.8) is 0 Å². The molecule has 4 N–H and O–H groups in total. The normalized spacial score (nSPS) is 9.95. The molecule has 2 rings (SSSR count). The highest BCUT2D eigenvalue weighted by atomic mass is 35.5. The lowest BCUT2D eigenvalue weighted by Gasteiger charge is -2.08. The van der Waals surface area contributed by atoms with Crippen LogP contribution in [0.5, 0.6) is 5.75 Å². The number of pyridine rings is 1. The van der Waals surface area contributed by atoms with Crippen molar-refractivity contribution in [3.05, 3.63) is 47.1 Å². The Morgan fingerprint density at radius 2 is 1.95 bits per heavy atom. The van der Waals surface area contributed by atoms with Crippen molar-refractivity contribution in [1.82, 2.24) is 4.98 Å². The summed E-state index contributed by atoms with van der Waals surface area (Å²) in [5.41, 5.74) is 3.07. The molecule has 1 aromatic carbocycles. The lowest BCUT2D eigenvalue weighted by Crippen LogP contribution is -2.16. The van der Waals surface area contributed by atoms with Crippen molar-refractivity contribution in [1.29, 1.82) is 0 Å². The number of rotatable bonds is 4. The van der Waals surface area contributed by atoms with Gasteiger partial charge in [-0.05, 0) is 36.4 Å². The number of carbonyl (C=O) groups excluding carboxylic acids is 1. The fourth-order valence-corrected chi connectivity index (χ4v) is 1.74. The van der Waals surface area contributed by atoms with Crippen LogP contribution in [0, 0.1) is 0 Å². The van der Waals surface area contributed by atoms with Crippen molar-refractivity contribution in [2.75, 3.05) is 17.9 Å². The third kappa shape index (κ3) is 3.17. The van der Waals surface area contributed by atoms with E-state index in [4.69, 9.17) is 22.2 Å². The molecule has 20 heavy (non-hydrogen) atoms. The molecule has 0 unspecified atom stereocenters. The molecule has 1 amide bonds. The number of aromatic nitrogens is 1. The zero-order valence-electron chi connectivity index (χ0n) is 10.7. The average Bonchev–Trinajstić information content (AvgIpc) is 2.48. The smallest absolute Gasteiger partial charge is 0.275 e. The number of hydrazine groups is 1. The molecular weight excluding hydrogens is 280 g/mol. The fraction of sp³-hybridized carbons (Fsp3) is 0.0769. The summed E-state index contributed by atoms with van der Waals surface area (Å²) in [5.74, 6) is 5.89. The molecule has 0 aliphatic heterocycles. The molecule has 104 valence electrons. The minimum atomic E-state index is -0.419. The van der Waals surface area contributed by atoms with Gasteiger partial charge in [-0.2, -0.15) is 0 Å². The Morgan fingerprint density at radius 1 is 1.25 bits per heavy atom. The molecule has 0 fully saturated rings. The molecule has 0 radical (unpaired) electrons. The molecular formula is C13H13ClN4O2. The maximum Gasteiger partial charge on any atom is 0.275 e. The zero-order chi connectivity index (χ0) is 14.5. The molecule has 0 spiro atoms. The second kappa shape index (κ2) is 6.23. The summed E-state index contributed by atoms with van der Waals surface area (Å²) in [4.78, 5) is 16.1. The van der Waals surface area contributed by atoms with E-state index in [1.54, 1.807) is 43.5 Å². The predicted molar refractivity (Wildman–Crippen MR) is 78.0 cm³/mol.